The summed E-state index contributed by atoms with van der Waals surface area (Å²) >= 11 is 0. The third-order valence-electron chi connectivity index (χ3n) is 4.03. The molecule has 4 heteroatoms. The van der Waals surface area contributed by atoms with Crippen molar-refractivity contribution in [1.29, 1.82) is 0 Å². The molecule has 1 saturated carbocycles. The number of rotatable bonds is 5. The topological polar surface area (TPSA) is 58.6 Å². The van der Waals surface area contributed by atoms with E-state index in [2.05, 4.69) is 5.32 Å². The molecule has 2 rings (SSSR count). The zero-order chi connectivity index (χ0) is 14.4. The van der Waals surface area contributed by atoms with Crippen molar-refractivity contribution in [3.05, 3.63) is 24.3 Å². The highest BCUT2D eigenvalue weighted by Gasteiger charge is 2.28. The van der Waals surface area contributed by atoms with Crippen molar-refractivity contribution >= 4 is 11.7 Å². The quantitative estimate of drug-likeness (QED) is 0.808. The molecule has 110 valence electrons. The average molecular weight is 277 g/mol. The van der Waals surface area contributed by atoms with Gasteiger partial charge in [0.2, 0.25) is 0 Å². The van der Waals surface area contributed by atoms with Crippen LogP contribution in [-0.4, -0.2) is 24.2 Å². The highest BCUT2D eigenvalue weighted by molar-refractivity contribution is 5.77. The summed E-state index contributed by atoms with van der Waals surface area (Å²) in [7, 11) is 1.61. The molecule has 4 nitrogen and oxygen atoms in total. The van der Waals surface area contributed by atoms with E-state index in [-0.39, 0.29) is 5.92 Å². The Morgan fingerprint density at radius 1 is 1.30 bits per heavy atom. The molecule has 0 amide bonds. The highest BCUT2D eigenvalue weighted by Crippen LogP contribution is 2.28. The summed E-state index contributed by atoms with van der Waals surface area (Å²) in [4.78, 5) is 11.6. The molecule has 0 heterocycles. The number of hydrogen-bond acceptors (Lipinski definition) is 3. The first-order valence-corrected chi connectivity index (χ1v) is 7.34. The summed E-state index contributed by atoms with van der Waals surface area (Å²) in [5.74, 6) is 0.181. The van der Waals surface area contributed by atoms with Crippen LogP contribution in [0.15, 0.2) is 24.3 Å². The van der Waals surface area contributed by atoms with Crippen molar-refractivity contribution in [3.8, 4) is 5.75 Å². The van der Waals surface area contributed by atoms with Crippen LogP contribution < -0.4 is 10.1 Å². The number of anilines is 1. The molecule has 2 N–H and O–H groups in total. The maximum atomic E-state index is 11.6. The molecule has 1 aromatic rings. The first kappa shape index (κ1) is 14.7. The van der Waals surface area contributed by atoms with Gasteiger partial charge in [-0.25, -0.2) is 4.79 Å². The lowest BCUT2D eigenvalue weighted by Gasteiger charge is -2.24. The van der Waals surface area contributed by atoms with E-state index in [1.807, 2.05) is 24.3 Å². The monoisotopic (exact) mass is 277 g/mol. The van der Waals surface area contributed by atoms with E-state index in [0.29, 0.717) is 0 Å². The summed E-state index contributed by atoms with van der Waals surface area (Å²) in [5.41, 5.74) is 0.806. The van der Waals surface area contributed by atoms with Gasteiger partial charge in [-0.3, -0.25) is 0 Å². The minimum atomic E-state index is -0.764. The highest BCUT2D eigenvalue weighted by atomic mass is 16.5. The molecule has 1 unspecified atom stereocenters. The van der Waals surface area contributed by atoms with Crippen molar-refractivity contribution in [2.45, 2.75) is 44.6 Å². The lowest BCUT2D eigenvalue weighted by Crippen LogP contribution is -2.36. The van der Waals surface area contributed by atoms with Gasteiger partial charge in [-0.15, -0.1) is 0 Å². The van der Waals surface area contributed by atoms with Crippen LogP contribution in [-0.2, 0) is 4.79 Å². The lowest BCUT2D eigenvalue weighted by molar-refractivity contribution is -0.139. The second-order valence-electron chi connectivity index (χ2n) is 5.44. The fourth-order valence-electron chi connectivity index (χ4n) is 2.92. The predicted octanol–water partition coefficient (Wildman–Crippen LogP) is 3.53. The molecule has 0 spiro atoms. The second kappa shape index (κ2) is 7.17. The number of aliphatic carboxylic acids is 1. The van der Waals surface area contributed by atoms with Crippen molar-refractivity contribution in [3.63, 3.8) is 0 Å². The fraction of sp³-hybridized carbons (Fsp3) is 0.562. The van der Waals surface area contributed by atoms with Crippen molar-refractivity contribution < 1.29 is 14.6 Å². The first-order valence-electron chi connectivity index (χ1n) is 7.34. The minimum absolute atomic E-state index is 0.209. The maximum absolute atomic E-state index is 11.6. The number of nitrogens with one attached hydrogen (secondary N) is 1. The van der Waals surface area contributed by atoms with Crippen LogP contribution in [0.5, 0.6) is 5.75 Å². The SMILES string of the molecule is COc1cccc(NC(C(=O)O)C2CCCCCC2)c1. The Labute approximate surface area is 120 Å². The molecule has 0 radical (unpaired) electrons. The number of carboxylic acid groups (broad SMARTS) is 1. The average Bonchev–Trinajstić information content (AvgIpc) is 2.73. The zero-order valence-electron chi connectivity index (χ0n) is 12.0. The van der Waals surface area contributed by atoms with Crippen molar-refractivity contribution in [2.75, 3.05) is 12.4 Å². The summed E-state index contributed by atoms with van der Waals surface area (Å²) in [6.07, 6.45) is 6.70. The normalized spacial score (nSPS) is 18.1. The fourth-order valence-corrected chi connectivity index (χ4v) is 2.92. The molecular weight excluding hydrogens is 254 g/mol. The van der Waals surface area contributed by atoms with Gasteiger partial charge >= 0.3 is 5.97 Å². The van der Waals surface area contributed by atoms with Crippen LogP contribution in [0.4, 0.5) is 5.69 Å². The Bertz CT molecular complexity index is 439. The van der Waals surface area contributed by atoms with Crippen LogP contribution in [0.2, 0.25) is 0 Å². The molecule has 20 heavy (non-hydrogen) atoms. The lowest BCUT2D eigenvalue weighted by atomic mass is 9.91. The summed E-state index contributed by atoms with van der Waals surface area (Å²) in [5, 5.41) is 12.7. The smallest absolute Gasteiger partial charge is 0.326 e. The van der Waals surface area contributed by atoms with E-state index >= 15 is 0 Å². The molecule has 1 aliphatic carbocycles. The number of carboxylic acids is 1. The van der Waals surface area contributed by atoms with Crippen LogP contribution >= 0.6 is 0 Å². The molecule has 1 aromatic carbocycles. The van der Waals surface area contributed by atoms with E-state index in [9.17, 15) is 9.90 Å². The van der Waals surface area contributed by atoms with E-state index in [1.165, 1.54) is 12.8 Å². The minimum Gasteiger partial charge on any atom is -0.497 e. The molecule has 1 atom stereocenters. The molecule has 1 aliphatic rings. The number of carbonyl (C=O) groups is 1. The Balaban J connectivity index is 2.09. The van der Waals surface area contributed by atoms with E-state index < -0.39 is 12.0 Å². The molecule has 0 aliphatic heterocycles. The maximum Gasteiger partial charge on any atom is 0.326 e. The molecule has 0 saturated heterocycles. The molecule has 1 fully saturated rings. The van der Waals surface area contributed by atoms with Crippen LogP contribution in [0, 0.1) is 5.92 Å². The summed E-state index contributed by atoms with van der Waals surface area (Å²) in [6.45, 7) is 0. The largest absolute Gasteiger partial charge is 0.497 e. The second-order valence-corrected chi connectivity index (χ2v) is 5.44. The van der Waals surface area contributed by atoms with Gasteiger partial charge in [0.05, 0.1) is 7.11 Å². The number of benzene rings is 1. The standard InChI is InChI=1S/C16H23NO3/c1-20-14-10-6-9-13(11-14)17-15(16(18)19)12-7-4-2-3-5-8-12/h6,9-12,15,17H,2-5,7-8H2,1H3,(H,18,19). The summed E-state index contributed by atoms with van der Waals surface area (Å²) < 4.78 is 5.17. The number of hydrogen-bond donors (Lipinski definition) is 2. The Morgan fingerprint density at radius 2 is 2.00 bits per heavy atom. The van der Waals surface area contributed by atoms with Gasteiger partial charge < -0.3 is 15.2 Å². The van der Waals surface area contributed by atoms with E-state index in [1.54, 1.807) is 7.11 Å². The predicted molar refractivity (Wildman–Crippen MR) is 79.2 cm³/mol. The van der Waals surface area contributed by atoms with Gasteiger partial charge in [0, 0.05) is 11.8 Å². The van der Waals surface area contributed by atoms with Gasteiger partial charge in [0.15, 0.2) is 0 Å². The Morgan fingerprint density at radius 3 is 2.60 bits per heavy atom. The molecule has 0 aromatic heterocycles. The van der Waals surface area contributed by atoms with Gasteiger partial charge in [-0.05, 0) is 30.9 Å². The van der Waals surface area contributed by atoms with E-state index in [4.69, 9.17) is 4.74 Å². The summed E-state index contributed by atoms with van der Waals surface area (Å²) in [6, 6.07) is 6.93. The van der Waals surface area contributed by atoms with Gasteiger partial charge in [-0.1, -0.05) is 31.7 Å². The Hall–Kier alpha value is -1.71. The van der Waals surface area contributed by atoms with Crippen LogP contribution in [0.3, 0.4) is 0 Å². The third kappa shape index (κ3) is 3.89. The van der Waals surface area contributed by atoms with Crippen LogP contribution in [0.25, 0.3) is 0 Å². The number of methoxy groups -OCH3 is 1. The third-order valence-corrected chi connectivity index (χ3v) is 4.03. The van der Waals surface area contributed by atoms with Crippen molar-refractivity contribution in [2.24, 2.45) is 5.92 Å². The Kier molecular flexibility index (Phi) is 5.27. The zero-order valence-corrected chi connectivity index (χ0v) is 12.0. The molecule has 0 bridgehead atoms. The van der Waals surface area contributed by atoms with Gasteiger partial charge in [0.1, 0.15) is 11.8 Å². The van der Waals surface area contributed by atoms with Gasteiger partial charge in [-0.2, -0.15) is 0 Å². The number of ether oxygens (including phenoxy) is 1. The van der Waals surface area contributed by atoms with E-state index in [0.717, 1.165) is 37.1 Å². The first-order chi connectivity index (χ1) is 9.70. The van der Waals surface area contributed by atoms with Gasteiger partial charge in [0.25, 0.3) is 0 Å². The molecular formula is C16H23NO3. The van der Waals surface area contributed by atoms with Crippen molar-refractivity contribution in [1.82, 2.24) is 0 Å². The van der Waals surface area contributed by atoms with Crippen LogP contribution in [0.1, 0.15) is 38.5 Å².